The van der Waals surface area contributed by atoms with Crippen LogP contribution in [0.25, 0.3) is 0 Å². The predicted molar refractivity (Wildman–Crippen MR) is 84.7 cm³/mol. The summed E-state index contributed by atoms with van der Waals surface area (Å²) in [6.45, 7) is 7.85. The van der Waals surface area contributed by atoms with Crippen molar-refractivity contribution in [1.29, 1.82) is 0 Å². The van der Waals surface area contributed by atoms with E-state index in [-0.39, 0.29) is 6.54 Å². The summed E-state index contributed by atoms with van der Waals surface area (Å²) < 4.78 is 32.0. The average Bonchev–Trinajstić information content (AvgIpc) is 2.49. The summed E-state index contributed by atoms with van der Waals surface area (Å²) in [6.07, 6.45) is 1.58. The molecule has 0 aromatic heterocycles. The van der Waals surface area contributed by atoms with Crippen LogP contribution in [0, 0.1) is 0 Å². The van der Waals surface area contributed by atoms with Crippen molar-refractivity contribution in [2.24, 2.45) is 0 Å². The topological polar surface area (TPSA) is 58.6 Å². The average molecular weight is 312 g/mol. The van der Waals surface area contributed by atoms with Gasteiger partial charge in [-0.1, -0.05) is 31.2 Å². The van der Waals surface area contributed by atoms with Crippen LogP contribution < -0.4 is 5.32 Å². The monoisotopic (exact) mass is 312 g/mol. The SMILES string of the molecule is C=CCN(CCOC)S(=O)(=O)c1ccccc1CNCC. The first-order chi connectivity index (χ1) is 10.1. The van der Waals surface area contributed by atoms with Gasteiger partial charge in [0.05, 0.1) is 11.5 Å². The van der Waals surface area contributed by atoms with Crippen molar-refractivity contribution < 1.29 is 13.2 Å². The first-order valence-corrected chi connectivity index (χ1v) is 8.40. The zero-order valence-electron chi connectivity index (χ0n) is 12.7. The lowest BCUT2D eigenvalue weighted by molar-refractivity contribution is 0.182. The molecular weight excluding hydrogens is 288 g/mol. The fraction of sp³-hybridized carbons (Fsp3) is 0.467. The van der Waals surface area contributed by atoms with E-state index in [0.29, 0.717) is 24.6 Å². The molecule has 0 saturated carbocycles. The van der Waals surface area contributed by atoms with Gasteiger partial charge in [0, 0.05) is 26.7 Å². The van der Waals surface area contributed by atoms with E-state index in [0.717, 1.165) is 12.1 Å². The number of rotatable bonds is 10. The lowest BCUT2D eigenvalue weighted by atomic mass is 10.2. The van der Waals surface area contributed by atoms with E-state index in [1.807, 2.05) is 19.1 Å². The van der Waals surface area contributed by atoms with E-state index >= 15 is 0 Å². The maximum atomic E-state index is 12.8. The maximum Gasteiger partial charge on any atom is 0.243 e. The first-order valence-electron chi connectivity index (χ1n) is 6.96. The Labute approximate surface area is 127 Å². The molecule has 21 heavy (non-hydrogen) atoms. The minimum Gasteiger partial charge on any atom is -0.383 e. The Morgan fingerprint density at radius 3 is 2.71 bits per heavy atom. The molecule has 0 saturated heterocycles. The Bertz CT molecular complexity index is 544. The third-order valence-electron chi connectivity index (χ3n) is 3.03. The summed E-state index contributed by atoms with van der Waals surface area (Å²) in [5.41, 5.74) is 0.769. The summed E-state index contributed by atoms with van der Waals surface area (Å²) in [4.78, 5) is 0.337. The van der Waals surface area contributed by atoms with Gasteiger partial charge in [0.2, 0.25) is 10.0 Å². The molecule has 1 aromatic rings. The van der Waals surface area contributed by atoms with Gasteiger partial charge < -0.3 is 10.1 Å². The van der Waals surface area contributed by atoms with Gasteiger partial charge in [0.1, 0.15) is 0 Å². The van der Waals surface area contributed by atoms with Crippen molar-refractivity contribution in [3.05, 3.63) is 42.5 Å². The number of ether oxygens (including phenoxy) is 1. The van der Waals surface area contributed by atoms with Crippen molar-refractivity contribution in [1.82, 2.24) is 9.62 Å². The van der Waals surface area contributed by atoms with E-state index < -0.39 is 10.0 Å². The fourth-order valence-corrected chi connectivity index (χ4v) is 3.56. The highest BCUT2D eigenvalue weighted by Gasteiger charge is 2.25. The summed E-state index contributed by atoms with van der Waals surface area (Å²) in [7, 11) is -2.00. The number of nitrogens with zero attached hydrogens (tertiary/aromatic N) is 1. The molecule has 1 rings (SSSR count). The standard InChI is InChI=1S/C15H24N2O3S/c1-4-10-17(11-12-20-3)21(18,19)15-9-7-6-8-14(15)13-16-5-2/h4,6-9,16H,1,5,10-13H2,2-3H3. The number of benzene rings is 1. The van der Waals surface area contributed by atoms with Crippen LogP contribution in [0.15, 0.2) is 41.8 Å². The number of methoxy groups -OCH3 is 1. The van der Waals surface area contributed by atoms with Crippen LogP contribution >= 0.6 is 0 Å². The summed E-state index contributed by atoms with van der Waals surface area (Å²) >= 11 is 0. The lowest BCUT2D eigenvalue weighted by Gasteiger charge is -2.22. The van der Waals surface area contributed by atoms with Crippen LogP contribution in [-0.4, -0.2) is 46.1 Å². The highest BCUT2D eigenvalue weighted by Crippen LogP contribution is 2.20. The molecule has 0 aliphatic heterocycles. The lowest BCUT2D eigenvalue weighted by Crippen LogP contribution is -2.35. The van der Waals surface area contributed by atoms with Crippen molar-refractivity contribution >= 4 is 10.0 Å². The van der Waals surface area contributed by atoms with Gasteiger partial charge in [-0.25, -0.2) is 8.42 Å². The molecule has 0 aliphatic rings. The molecule has 0 fully saturated rings. The Morgan fingerprint density at radius 1 is 1.38 bits per heavy atom. The smallest absolute Gasteiger partial charge is 0.243 e. The van der Waals surface area contributed by atoms with Crippen molar-refractivity contribution in [2.45, 2.75) is 18.4 Å². The van der Waals surface area contributed by atoms with Gasteiger partial charge in [-0.05, 0) is 18.2 Å². The molecule has 0 atom stereocenters. The number of sulfonamides is 1. The summed E-state index contributed by atoms with van der Waals surface area (Å²) in [5, 5.41) is 3.16. The Kier molecular flexibility index (Phi) is 7.60. The van der Waals surface area contributed by atoms with E-state index in [1.165, 1.54) is 4.31 Å². The second-order valence-corrected chi connectivity index (χ2v) is 6.44. The van der Waals surface area contributed by atoms with Gasteiger partial charge in [-0.3, -0.25) is 0 Å². The van der Waals surface area contributed by atoms with E-state index in [1.54, 1.807) is 25.3 Å². The number of nitrogens with one attached hydrogen (secondary N) is 1. The largest absolute Gasteiger partial charge is 0.383 e. The summed E-state index contributed by atoms with van der Waals surface area (Å²) in [5.74, 6) is 0. The van der Waals surface area contributed by atoms with Gasteiger partial charge in [-0.2, -0.15) is 4.31 Å². The highest BCUT2D eigenvalue weighted by atomic mass is 32.2. The molecule has 0 unspecified atom stereocenters. The van der Waals surface area contributed by atoms with Crippen LogP contribution in [0.4, 0.5) is 0 Å². The molecule has 118 valence electrons. The first kappa shape index (κ1) is 17.8. The van der Waals surface area contributed by atoms with Crippen LogP contribution in [0.2, 0.25) is 0 Å². The molecule has 0 bridgehead atoms. The molecule has 1 N–H and O–H groups in total. The van der Waals surface area contributed by atoms with E-state index in [2.05, 4.69) is 11.9 Å². The molecule has 1 aromatic carbocycles. The molecule has 0 amide bonds. The minimum absolute atomic E-state index is 0.265. The summed E-state index contributed by atoms with van der Waals surface area (Å²) in [6, 6.07) is 7.06. The highest BCUT2D eigenvalue weighted by molar-refractivity contribution is 7.89. The fourth-order valence-electron chi connectivity index (χ4n) is 1.95. The van der Waals surface area contributed by atoms with Crippen LogP contribution in [-0.2, 0) is 21.3 Å². The zero-order valence-corrected chi connectivity index (χ0v) is 13.5. The molecular formula is C15H24N2O3S. The normalized spacial score (nSPS) is 11.8. The van der Waals surface area contributed by atoms with Crippen molar-refractivity contribution in [3.8, 4) is 0 Å². The van der Waals surface area contributed by atoms with Crippen LogP contribution in [0.5, 0.6) is 0 Å². The van der Waals surface area contributed by atoms with Crippen LogP contribution in [0.3, 0.4) is 0 Å². The van der Waals surface area contributed by atoms with E-state index in [4.69, 9.17) is 4.74 Å². The van der Waals surface area contributed by atoms with Gasteiger partial charge in [-0.15, -0.1) is 6.58 Å². The Morgan fingerprint density at radius 2 is 2.10 bits per heavy atom. The molecule has 0 radical (unpaired) electrons. The third kappa shape index (κ3) is 4.93. The molecule has 5 nitrogen and oxygen atoms in total. The molecule has 0 heterocycles. The Hall–Kier alpha value is -1.21. The molecule has 6 heteroatoms. The third-order valence-corrected chi connectivity index (χ3v) is 5.00. The predicted octanol–water partition coefficient (Wildman–Crippen LogP) is 1.62. The van der Waals surface area contributed by atoms with Crippen molar-refractivity contribution in [3.63, 3.8) is 0 Å². The van der Waals surface area contributed by atoms with Gasteiger partial charge >= 0.3 is 0 Å². The van der Waals surface area contributed by atoms with E-state index in [9.17, 15) is 8.42 Å². The van der Waals surface area contributed by atoms with Gasteiger partial charge in [0.25, 0.3) is 0 Å². The number of hydrogen-bond donors (Lipinski definition) is 1. The van der Waals surface area contributed by atoms with Crippen LogP contribution in [0.1, 0.15) is 12.5 Å². The molecule has 0 spiro atoms. The Balaban J connectivity index is 3.11. The zero-order chi connectivity index (χ0) is 15.7. The quantitative estimate of drug-likeness (QED) is 0.667. The maximum absolute atomic E-state index is 12.8. The number of hydrogen-bond acceptors (Lipinski definition) is 4. The van der Waals surface area contributed by atoms with Gasteiger partial charge in [0.15, 0.2) is 0 Å². The minimum atomic E-state index is -3.55. The van der Waals surface area contributed by atoms with Crippen molar-refractivity contribution in [2.75, 3.05) is 33.4 Å². The second kappa shape index (κ2) is 8.94. The molecule has 0 aliphatic carbocycles. The second-order valence-electron chi connectivity index (χ2n) is 4.53.